The highest BCUT2D eigenvalue weighted by Crippen LogP contribution is 2.29. The minimum absolute atomic E-state index is 0.112. The summed E-state index contributed by atoms with van der Waals surface area (Å²) < 4.78 is 27.7. The van der Waals surface area contributed by atoms with Crippen LogP contribution >= 0.6 is 0 Å². The maximum absolute atomic E-state index is 12.5. The highest BCUT2D eigenvalue weighted by Gasteiger charge is 2.12. The fourth-order valence-corrected chi connectivity index (χ4v) is 4.53. The van der Waals surface area contributed by atoms with Crippen LogP contribution in [-0.4, -0.2) is 14.2 Å². The second-order valence-corrected chi connectivity index (χ2v) is 9.72. The van der Waals surface area contributed by atoms with Gasteiger partial charge in [0.25, 0.3) is 0 Å². The van der Waals surface area contributed by atoms with E-state index in [1.54, 1.807) is 36.4 Å². The first-order valence-corrected chi connectivity index (χ1v) is 13.0. The van der Waals surface area contributed by atoms with Gasteiger partial charge in [-0.3, -0.25) is 4.72 Å². The van der Waals surface area contributed by atoms with Gasteiger partial charge < -0.3 is 5.73 Å². The predicted octanol–water partition coefficient (Wildman–Crippen LogP) is 7.35. The van der Waals surface area contributed by atoms with E-state index < -0.39 is 10.0 Å². The van der Waals surface area contributed by atoms with Gasteiger partial charge in [0.15, 0.2) is 0 Å². The summed E-state index contributed by atoms with van der Waals surface area (Å²) in [4.78, 5) is 0. The van der Waals surface area contributed by atoms with Crippen LogP contribution in [0.2, 0.25) is 0 Å². The van der Waals surface area contributed by atoms with Crippen LogP contribution in [0.15, 0.2) is 58.8 Å². The minimum atomic E-state index is -3.43. The third kappa shape index (κ3) is 9.96. The van der Waals surface area contributed by atoms with Gasteiger partial charge in [-0.25, -0.2) is 8.42 Å². The van der Waals surface area contributed by atoms with Crippen molar-refractivity contribution in [1.82, 2.24) is 0 Å². The molecule has 0 fully saturated rings. The fourth-order valence-electron chi connectivity index (χ4n) is 3.33. The quantitative estimate of drug-likeness (QED) is 0.171. The van der Waals surface area contributed by atoms with E-state index in [9.17, 15) is 8.42 Å². The van der Waals surface area contributed by atoms with E-state index in [0.29, 0.717) is 29.2 Å². The molecule has 2 aromatic carbocycles. The number of nitrogens with two attached hydrogens (primary N) is 1. The summed E-state index contributed by atoms with van der Waals surface area (Å²) in [5.74, 6) is 0.112. The Morgan fingerprint density at radius 1 is 0.742 bits per heavy atom. The number of anilines is 2. The Balaban J connectivity index is 1.78. The average molecular weight is 445 g/mol. The van der Waals surface area contributed by atoms with Gasteiger partial charge >= 0.3 is 0 Å². The second kappa shape index (κ2) is 13.8. The number of hydrogen-bond donors (Lipinski definition) is 2. The van der Waals surface area contributed by atoms with Crippen molar-refractivity contribution in [3.63, 3.8) is 0 Å². The second-order valence-electron chi connectivity index (χ2n) is 7.88. The van der Waals surface area contributed by atoms with Crippen molar-refractivity contribution in [2.24, 2.45) is 10.2 Å². The average Bonchev–Trinajstić information content (AvgIpc) is 2.75. The maximum Gasteiger partial charge on any atom is 0.232 e. The molecule has 0 aliphatic heterocycles. The molecule has 0 heterocycles. The number of sulfonamides is 1. The van der Waals surface area contributed by atoms with Crippen molar-refractivity contribution in [2.45, 2.75) is 71.1 Å². The normalized spacial score (nSPS) is 11.8. The number of rotatable bonds is 15. The number of para-hydroxylation sites is 2. The lowest BCUT2D eigenvalue weighted by Gasteiger charge is -2.10. The summed E-state index contributed by atoms with van der Waals surface area (Å²) in [6.45, 7) is 2.23. The standard InChI is InChI=1S/C24H36N4O2S/c1-2-3-4-5-6-7-8-9-10-15-20-31(29,30)28-24-19-14-13-18-23(24)27-26-22-17-12-11-16-21(22)25/h11-14,16-19,28H,2-10,15,20,25H2,1H3. The van der Waals surface area contributed by atoms with E-state index in [-0.39, 0.29) is 5.75 Å². The Morgan fingerprint density at radius 3 is 1.90 bits per heavy atom. The van der Waals surface area contributed by atoms with E-state index in [0.717, 1.165) is 12.8 Å². The molecule has 2 aromatic rings. The zero-order valence-corrected chi connectivity index (χ0v) is 19.4. The Morgan fingerprint density at radius 2 is 1.26 bits per heavy atom. The number of hydrogen-bond acceptors (Lipinski definition) is 5. The third-order valence-electron chi connectivity index (χ3n) is 5.14. The molecule has 6 nitrogen and oxygen atoms in total. The number of nitrogen functional groups attached to an aromatic ring is 1. The molecule has 0 saturated heterocycles. The minimum Gasteiger partial charge on any atom is -0.397 e. The summed E-state index contributed by atoms with van der Waals surface area (Å²) in [6, 6.07) is 14.1. The molecule has 2 rings (SSSR count). The largest absolute Gasteiger partial charge is 0.397 e. The summed E-state index contributed by atoms with van der Waals surface area (Å²) in [5.41, 5.74) is 7.83. The molecule has 0 unspecified atom stereocenters. The van der Waals surface area contributed by atoms with Crippen molar-refractivity contribution in [3.8, 4) is 0 Å². The first-order chi connectivity index (χ1) is 15.0. The summed E-state index contributed by atoms with van der Waals surface area (Å²) in [7, 11) is -3.43. The van der Waals surface area contributed by atoms with Gasteiger partial charge in [-0.05, 0) is 30.7 Å². The van der Waals surface area contributed by atoms with Gasteiger partial charge in [0.05, 0.1) is 17.1 Å². The monoisotopic (exact) mass is 444 g/mol. The summed E-state index contributed by atoms with van der Waals surface area (Å²) in [6.07, 6.45) is 11.7. The molecule has 0 radical (unpaired) electrons. The number of nitrogens with zero attached hydrogens (tertiary/aromatic N) is 2. The zero-order valence-electron chi connectivity index (χ0n) is 18.6. The van der Waals surface area contributed by atoms with Gasteiger partial charge in [0, 0.05) is 0 Å². The Labute approximate surface area is 187 Å². The number of unbranched alkanes of at least 4 members (excludes halogenated alkanes) is 9. The lowest BCUT2D eigenvalue weighted by Crippen LogP contribution is -2.16. The smallest absolute Gasteiger partial charge is 0.232 e. The van der Waals surface area contributed by atoms with Crippen LogP contribution in [0.1, 0.15) is 71.1 Å². The molecule has 0 aliphatic rings. The molecular formula is C24H36N4O2S. The molecule has 0 amide bonds. The zero-order chi connectivity index (χ0) is 22.4. The first-order valence-electron chi connectivity index (χ1n) is 11.4. The number of nitrogens with one attached hydrogen (secondary N) is 1. The van der Waals surface area contributed by atoms with Crippen LogP contribution < -0.4 is 10.5 Å². The Bertz CT molecular complexity index is 913. The molecule has 0 spiro atoms. The summed E-state index contributed by atoms with van der Waals surface area (Å²) >= 11 is 0. The van der Waals surface area contributed by atoms with Crippen LogP contribution in [0.5, 0.6) is 0 Å². The SMILES string of the molecule is CCCCCCCCCCCCS(=O)(=O)Nc1ccccc1N=Nc1ccccc1N. The topological polar surface area (TPSA) is 96.9 Å². The Kier molecular flexibility index (Phi) is 11.1. The lowest BCUT2D eigenvalue weighted by molar-refractivity contribution is 0.558. The fraction of sp³-hybridized carbons (Fsp3) is 0.500. The summed E-state index contributed by atoms with van der Waals surface area (Å²) in [5, 5.41) is 8.36. The van der Waals surface area contributed by atoms with Gasteiger partial charge in [-0.1, -0.05) is 89.0 Å². The first kappa shape index (κ1) is 24.9. The van der Waals surface area contributed by atoms with Gasteiger partial charge in [-0.15, -0.1) is 10.2 Å². The molecule has 3 N–H and O–H groups in total. The molecule has 0 bridgehead atoms. The molecule has 0 atom stereocenters. The van der Waals surface area contributed by atoms with Crippen molar-refractivity contribution >= 4 is 32.8 Å². The van der Waals surface area contributed by atoms with Crippen LogP contribution in [0, 0.1) is 0 Å². The number of azo groups is 1. The van der Waals surface area contributed by atoms with E-state index in [1.807, 2.05) is 12.1 Å². The van der Waals surface area contributed by atoms with Crippen LogP contribution in [0.3, 0.4) is 0 Å². The number of benzene rings is 2. The molecule has 31 heavy (non-hydrogen) atoms. The van der Waals surface area contributed by atoms with E-state index in [4.69, 9.17) is 5.73 Å². The van der Waals surface area contributed by atoms with Gasteiger partial charge in [0.1, 0.15) is 11.4 Å². The van der Waals surface area contributed by atoms with Crippen molar-refractivity contribution in [2.75, 3.05) is 16.2 Å². The molecule has 0 aromatic heterocycles. The van der Waals surface area contributed by atoms with Crippen LogP contribution in [0.25, 0.3) is 0 Å². The van der Waals surface area contributed by atoms with Crippen molar-refractivity contribution < 1.29 is 8.42 Å². The van der Waals surface area contributed by atoms with E-state index in [2.05, 4.69) is 21.9 Å². The van der Waals surface area contributed by atoms with Crippen molar-refractivity contribution in [1.29, 1.82) is 0 Å². The van der Waals surface area contributed by atoms with Gasteiger partial charge in [0.2, 0.25) is 10.0 Å². The van der Waals surface area contributed by atoms with Crippen LogP contribution in [0.4, 0.5) is 22.7 Å². The van der Waals surface area contributed by atoms with Crippen LogP contribution in [-0.2, 0) is 10.0 Å². The van der Waals surface area contributed by atoms with Gasteiger partial charge in [-0.2, -0.15) is 0 Å². The molecule has 170 valence electrons. The molecule has 7 heteroatoms. The third-order valence-corrected chi connectivity index (χ3v) is 6.50. The molecule has 0 aliphatic carbocycles. The molecular weight excluding hydrogens is 408 g/mol. The lowest BCUT2D eigenvalue weighted by atomic mass is 10.1. The highest BCUT2D eigenvalue weighted by atomic mass is 32.2. The maximum atomic E-state index is 12.5. The van der Waals surface area contributed by atoms with E-state index in [1.165, 1.54) is 44.9 Å². The predicted molar refractivity (Wildman–Crippen MR) is 131 cm³/mol. The Hall–Kier alpha value is -2.41. The van der Waals surface area contributed by atoms with E-state index >= 15 is 0 Å². The van der Waals surface area contributed by atoms with Crippen molar-refractivity contribution in [3.05, 3.63) is 48.5 Å². The highest BCUT2D eigenvalue weighted by molar-refractivity contribution is 7.92. The molecule has 0 saturated carbocycles.